The van der Waals surface area contributed by atoms with Gasteiger partial charge in [-0.1, -0.05) is 6.07 Å². The summed E-state index contributed by atoms with van der Waals surface area (Å²) in [5.74, 6) is -2.01. The van der Waals surface area contributed by atoms with Gasteiger partial charge in [0.15, 0.2) is 17.4 Å². The van der Waals surface area contributed by atoms with Crippen molar-refractivity contribution in [3.8, 4) is 11.3 Å². The van der Waals surface area contributed by atoms with Crippen LogP contribution >= 0.6 is 0 Å². The second-order valence-corrected chi connectivity index (χ2v) is 6.13. The van der Waals surface area contributed by atoms with Gasteiger partial charge in [-0.05, 0) is 43.5 Å². The van der Waals surface area contributed by atoms with Crippen molar-refractivity contribution >= 4 is 5.91 Å². The molecular formula is C17H16F2N2O2. The van der Waals surface area contributed by atoms with E-state index in [0.29, 0.717) is 12.1 Å². The molecule has 1 amide bonds. The molecule has 3 heterocycles. The van der Waals surface area contributed by atoms with Gasteiger partial charge in [0.05, 0.1) is 5.56 Å². The van der Waals surface area contributed by atoms with Crippen molar-refractivity contribution < 1.29 is 18.0 Å². The molecular weight excluding hydrogens is 302 g/mol. The van der Waals surface area contributed by atoms with Crippen LogP contribution in [0.3, 0.4) is 0 Å². The quantitative estimate of drug-likeness (QED) is 0.915. The Morgan fingerprint density at radius 1 is 1.22 bits per heavy atom. The van der Waals surface area contributed by atoms with Crippen molar-refractivity contribution in [2.24, 2.45) is 0 Å². The number of nitrogens with one attached hydrogen (secondary N) is 2. The molecule has 2 fully saturated rings. The van der Waals surface area contributed by atoms with E-state index in [1.807, 2.05) is 0 Å². The van der Waals surface area contributed by atoms with E-state index in [1.54, 1.807) is 0 Å². The molecule has 1 aromatic carbocycles. The zero-order valence-corrected chi connectivity index (χ0v) is 12.3. The van der Waals surface area contributed by atoms with E-state index >= 15 is 0 Å². The molecule has 120 valence electrons. The third-order valence-electron chi connectivity index (χ3n) is 4.66. The highest BCUT2D eigenvalue weighted by atomic mass is 19.2. The summed E-state index contributed by atoms with van der Waals surface area (Å²) in [6.45, 7) is 0. The fourth-order valence-corrected chi connectivity index (χ4v) is 3.52. The molecule has 0 radical (unpaired) electrons. The van der Waals surface area contributed by atoms with Crippen LogP contribution in [0.5, 0.6) is 0 Å². The molecule has 4 nitrogen and oxygen atoms in total. The zero-order chi connectivity index (χ0) is 16.0. The number of hydrogen-bond acceptors (Lipinski definition) is 3. The van der Waals surface area contributed by atoms with E-state index in [4.69, 9.17) is 4.42 Å². The third kappa shape index (κ3) is 2.53. The average molecular weight is 318 g/mol. The standard InChI is InChI=1S/C17H16F2N2O2/c18-11-3-1-2-10(16(11)19)14-6-7-15(23-14)17(22)21-13-8-9-4-5-12(13)20-9/h1-3,6-7,9,12-13,20H,4-5,8H2,(H,21,22)/t9-,12-,13+/m0/s1. The molecule has 2 N–H and O–H groups in total. The molecule has 3 atom stereocenters. The van der Waals surface area contributed by atoms with Crippen molar-refractivity contribution in [3.05, 3.63) is 47.7 Å². The molecule has 2 saturated heterocycles. The van der Waals surface area contributed by atoms with Gasteiger partial charge in [-0.15, -0.1) is 0 Å². The highest BCUT2D eigenvalue weighted by Gasteiger charge is 2.40. The number of furan rings is 1. The summed E-state index contributed by atoms with van der Waals surface area (Å²) in [6.07, 6.45) is 3.14. The molecule has 2 bridgehead atoms. The number of hydrogen-bond donors (Lipinski definition) is 2. The lowest BCUT2D eigenvalue weighted by molar-refractivity contribution is 0.0903. The summed E-state index contributed by atoms with van der Waals surface area (Å²) in [6, 6.07) is 7.72. The molecule has 0 spiro atoms. The minimum atomic E-state index is -0.980. The largest absolute Gasteiger partial charge is 0.451 e. The summed E-state index contributed by atoms with van der Waals surface area (Å²) in [4.78, 5) is 12.3. The Hall–Kier alpha value is -2.21. The van der Waals surface area contributed by atoms with E-state index in [0.717, 1.165) is 25.3 Å². The van der Waals surface area contributed by atoms with E-state index < -0.39 is 11.6 Å². The lowest BCUT2D eigenvalue weighted by atomic mass is 9.95. The van der Waals surface area contributed by atoms with Crippen molar-refractivity contribution in [1.29, 1.82) is 0 Å². The predicted molar refractivity (Wildman–Crippen MR) is 79.9 cm³/mol. The lowest BCUT2D eigenvalue weighted by Crippen LogP contribution is -2.42. The van der Waals surface area contributed by atoms with Gasteiger partial charge >= 0.3 is 0 Å². The van der Waals surface area contributed by atoms with Gasteiger partial charge in [0.1, 0.15) is 5.76 Å². The first-order chi connectivity index (χ1) is 11.1. The first kappa shape index (κ1) is 14.4. The smallest absolute Gasteiger partial charge is 0.287 e. The van der Waals surface area contributed by atoms with E-state index in [2.05, 4.69) is 10.6 Å². The van der Waals surface area contributed by atoms with Crippen molar-refractivity contribution in [3.63, 3.8) is 0 Å². The fraction of sp³-hybridized carbons (Fsp3) is 0.353. The van der Waals surface area contributed by atoms with Crippen LogP contribution in [0, 0.1) is 11.6 Å². The number of halogens is 2. The minimum absolute atomic E-state index is 0.00522. The highest BCUT2D eigenvalue weighted by molar-refractivity contribution is 5.92. The number of amides is 1. The topological polar surface area (TPSA) is 54.3 Å². The monoisotopic (exact) mass is 318 g/mol. The molecule has 6 heteroatoms. The Morgan fingerprint density at radius 2 is 2.09 bits per heavy atom. The van der Waals surface area contributed by atoms with Crippen LogP contribution in [-0.4, -0.2) is 24.0 Å². The van der Waals surface area contributed by atoms with Crippen LogP contribution in [0.15, 0.2) is 34.7 Å². The van der Waals surface area contributed by atoms with Gasteiger partial charge in [-0.25, -0.2) is 8.78 Å². The summed E-state index contributed by atoms with van der Waals surface area (Å²) < 4.78 is 32.5. The van der Waals surface area contributed by atoms with Gasteiger partial charge in [0.25, 0.3) is 5.91 Å². The maximum atomic E-state index is 13.8. The zero-order valence-electron chi connectivity index (χ0n) is 12.3. The van der Waals surface area contributed by atoms with Crippen LogP contribution in [0.2, 0.25) is 0 Å². The van der Waals surface area contributed by atoms with Crippen LogP contribution in [0.4, 0.5) is 8.78 Å². The summed E-state index contributed by atoms with van der Waals surface area (Å²) in [7, 11) is 0. The SMILES string of the molecule is O=C(N[C@@H]1C[C@@H]2CC[C@@H]1N2)c1ccc(-c2cccc(F)c2F)o1. The van der Waals surface area contributed by atoms with Crippen molar-refractivity contribution in [2.45, 2.75) is 37.4 Å². The predicted octanol–water partition coefficient (Wildman–Crippen LogP) is 2.85. The average Bonchev–Trinajstić information content (AvgIpc) is 3.25. The fourth-order valence-electron chi connectivity index (χ4n) is 3.52. The number of carbonyl (C=O) groups excluding carboxylic acids is 1. The van der Waals surface area contributed by atoms with E-state index in [1.165, 1.54) is 24.3 Å². The van der Waals surface area contributed by atoms with Crippen LogP contribution in [-0.2, 0) is 0 Å². The molecule has 2 aliphatic rings. The van der Waals surface area contributed by atoms with Gasteiger partial charge in [-0.3, -0.25) is 4.79 Å². The molecule has 23 heavy (non-hydrogen) atoms. The van der Waals surface area contributed by atoms with Crippen LogP contribution < -0.4 is 10.6 Å². The molecule has 2 aromatic rings. The van der Waals surface area contributed by atoms with Crippen LogP contribution in [0.25, 0.3) is 11.3 Å². The Kier molecular flexibility index (Phi) is 3.41. The molecule has 2 aliphatic heterocycles. The Labute approximate surface area is 131 Å². The molecule has 1 aromatic heterocycles. The van der Waals surface area contributed by atoms with Crippen molar-refractivity contribution in [1.82, 2.24) is 10.6 Å². The first-order valence-electron chi connectivity index (χ1n) is 7.73. The Balaban J connectivity index is 1.51. The van der Waals surface area contributed by atoms with Gasteiger partial charge in [-0.2, -0.15) is 0 Å². The minimum Gasteiger partial charge on any atom is -0.451 e. The Morgan fingerprint density at radius 3 is 2.83 bits per heavy atom. The van der Waals surface area contributed by atoms with Gasteiger partial charge < -0.3 is 15.1 Å². The number of rotatable bonds is 3. The van der Waals surface area contributed by atoms with Crippen molar-refractivity contribution in [2.75, 3.05) is 0 Å². The number of carbonyl (C=O) groups is 1. The van der Waals surface area contributed by atoms with E-state index in [-0.39, 0.29) is 29.0 Å². The summed E-state index contributed by atoms with van der Waals surface area (Å²) in [5, 5.41) is 6.40. The third-order valence-corrected chi connectivity index (χ3v) is 4.66. The van der Waals surface area contributed by atoms with E-state index in [9.17, 15) is 13.6 Å². The second kappa shape index (κ2) is 5.45. The number of benzene rings is 1. The maximum absolute atomic E-state index is 13.8. The highest BCUT2D eigenvalue weighted by Crippen LogP contribution is 2.29. The molecule has 0 aliphatic carbocycles. The molecule has 0 saturated carbocycles. The molecule has 4 rings (SSSR count). The summed E-state index contributed by atoms with van der Waals surface area (Å²) >= 11 is 0. The lowest BCUT2D eigenvalue weighted by Gasteiger charge is -2.20. The Bertz CT molecular complexity index is 759. The molecule has 0 unspecified atom stereocenters. The maximum Gasteiger partial charge on any atom is 0.287 e. The summed E-state index contributed by atoms with van der Waals surface area (Å²) in [5.41, 5.74) is 0.00522. The van der Waals surface area contributed by atoms with Gasteiger partial charge in [0, 0.05) is 18.1 Å². The van der Waals surface area contributed by atoms with Gasteiger partial charge in [0.2, 0.25) is 0 Å². The first-order valence-corrected chi connectivity index (χ1v) is 7.73. The number of fused-ring (bicyclic) bond motifs is 2. The van der Waals surface area contributed by atoms with Crippen LogP contribution in [0.1, 0.15) is 29.8 Å². The second-order valence-electron chi connectivity index (χ2n) is 6.13. The normalized spacial score (nSPS) is 25.7.